The van der Waals surface area contributed by atoms with E-state index in [2.05, 4.69) is 25.2 Å². The molecule has 0 fully saturated rings. The molecule has 0 atom stereocenters. The molecule has 0 bridgehead atoms. The van der Waals surface area contributed by atoms with Gasteiger partial charge in [-0.3, -0.25) is 9.89 Å². The van der Waals surface area contributed by atoms with Crippen LogP contribution in [0.4, 0.5) is 5.69 Å². The summed E-state index contributed by atoms with van der Waals surface area (Å²) in [5.74, 6) is 1.08. The predicted molar refractivity (Wildman–Crippen MR) is 113 cm³/mol. The van der Waals surface area contributed by atoms with Crippen LogP contribution in [-0.2, 0) is 14.8 Å². The lowest BCUT2D eigenvalue weighted by molar-refractivity contribution is -0.111. The van der Waals surface area contributed by atoms with E-state index in [-0.39, 0.29) is 16.6 Å². The van der Waals surface area contributed by atoms with Crippen molar-refractivity contribution in [2.45, 2.75) is 11.8 Å². The average molecular weight is 427 g/mol. The van der Waals surface area contributed by atoms with Gasteiger partial charge >= 0.3 is 0 Å². The first kappa shape index (κ1) is 21.2. The molecule has 30 heavy (non-hydrogen) atoms. The minimum atomic E-state index is -3.70. The van der Waals surface area contributed by atoms with E-state index in [9.17, 15) is 13.2 Å². The van der Waals surface area contributed by atoms with Crippen LogP contribution in [0.3, 0.4) is 0 Å². The molecule has 10 heteroatoms. The van der Waals surface area contributed by atoms with E-state index in [1.54, 1.807) is 31.2 Å². The number of nitrogens with zero attached hydrogens (tertiary/aromatic N) is 2. The highest BCUT2D eigenvalue weighted by Crippen LogP contribution is 2.25. The summed E-state index contributed by atoms with van der Waals surface area (Å²) in [7, 11) is -0.996. The SMILES string of the molecule is CNS(=O)(=O)c1cc(/C=C/C(=O)Nc2cccc(-c3n[nH]c(C)n3)c2)ccc1OC. The highest BCUT2D eigenvalue weighted by atomic mass is 32.2. The van der Waals surface area contributed by atoms with E-state index in [0.717, 1.165) is 5.56 Å². The Labute approximate surface area is 174 Å². The number of H-pyrrole nitrogens is 1. The molecule has 0 radical (unpaired) electrons. The standard InChI is InChI=1S/C20H21N5O4S/c1-13-22-20(25-24-13)15-5-4-6-16(12-15)23-19(26)10-8-14-7-9-17(29-3)18(11-14)30(27,28)21-2/h4-12,21H,1-3H3,(H,23,26)(H,22,24,25)/b10-8+. The molecule has 0 aliphatic heterocycles. The van der Waals surface area contributed by atoms with Gasteiger partial charge < -0.3 is 10.1 Å². The van der Waals surface area contributed by atoms with Gasteiger partial charge in [0.25, 0.3) is 0 Å². The number of aromatic amines is 1. The Morgan fingerprint density at radius 3 is 2.67 bits per heavy atom. The van der Waals surface area contributed by atoms with E-state index in [1.807, 2.05) is 6.07 Å². The number of hydrogen-bond donors (Lipinski definition) is 3. The number of carbonyl (C=O) groups is 1. The van der Waals surface area contributed by atoms with Crippen LogP contribution in [0.2, 0.25) is 0 Å². The van der Waals surface area contributed by atoms with E-state index in [0.29, 0.717) is 22.9 Å². The third-order valence-corrected chi connectivity index (χ3v) is 5.59. The molecule has 2 aromatic carbocycles. The number of hydrogen-bond acceptors (Lipinski definition) is 6. The third-order valence-electron chi connectivity index (χ3n) is 4.16. The molecule has 0 spiro atoms. The van der Waals surface area contributed by atoms with E-state index in [1.165, 1.54) is 38.4 Å². The van der Waals surface area contributed by atoms with Crippen LogP contribution < -0.4 is 14.8 Å². The van der Waals surface area contributed by atoms with Gasteiger partial charge in [0.1, 0.15) is 16.5 Å². The first-order valence-electron chi connectivity index (χ1n) is 8.92. The number of ether oxygens (including phenoxy) is 1. The van der Waals surface area contributed by atoms with E-state index in [4.69, 9.17) is 4.74 Å². The second-order valence-corrected chi connectivity index (χ2v) is 8.12. The second-order valence-electron chi connectivity index (χ2n) is 6.27. The number of methoxy groups -OCH3 is 1. The van der Waals surface area contributed by atoms with Crippen LogP contribution in [0.5, 0.6) is 5.75 Å². The Hall–Kier alpha value is -3.50. The smallest absolute Gasteiger partial charge is 0.248 e. The summed E-state index contributed by atoms with van der Waals surface area (Å²) < 4.78 is 31.7. The van der Waals surface area contributed by atoms with Crippen molar-refractivity contribution in [3.8, 4) is 17.1 Å². The Kier molecular flexibility index (Phi) is 6.28. The van der Waals surface area contributed by atoms with Crippen LogP contribution in [0, 0.1) is 6.92 Å². The lowest BCUT2D eigenvalue weighted by Gasteiger charge is -2.09. The molecule has 0 saturated heterocycles. The molecule has 1 heterocycles. The van der Waals surface area contributed by atoms with Gasteiger partial charge in [-0.15, -0.1) is 0 Å². The fourth-order valence-electron chi connectivity index (χ4n) is 2.68. The topological polar surface area (TPSA) is 126 Å². The van der Waals surface area contributed by atoms with Gasteiger partial charge in [-0.05, 0) is 49.9 Å². The molecule has 156 valence electrons. The summed E-state index contributed by atoms with van der Waals surface area (Å²) in [6, 6.07) is 11.8. The van der Waals surface area contributed by atoms with Crippen LogP contribution in [0.1, 0.15) is 11.4 Å². The molecular formula is C20H21N5O4S. The van der Waals surface area contributed by atoms with Crippen molar-refractivity contribution in [1.82, 2.24) is 19.9 Å². The number of benzene rings is 2. The number of aromatic nitrogens is 3. The number of carbonyl (C=O) groups excluding carboxylic acids is 1. The maximum atomic E-state index is 12.3. The van der Waals surface area contributed by atoms with Crippen molar-refractivity contribution in [1.29, 1.82) is 0 Å². The molecule has 3 rings (SSSR count). The lowest BCUT2D eigenvalue weighted by Crippen LogP contribution is -2.19. The largest absolute Gasteiger partial charge is 0.495 e. The number of sulfonamides is 1. The molecule has 3 N–H and O–H groups in total. The monoisotopic (exact) mass is 427 g/mol. The third kappa shape index (κ3) is 4.91. The first-order valence-corrected chi connectivity index (χ1v) is 10.4. The predicted octanol–water partition coefficient (Wildman–Crippen LogP) is 2.35. The second kappa shape index (κ2) is 8.89. The minimum absolute atomic E-state index is 0.00967. The Morgan fingerprint density at radius 2 is 2.00 bits per heavy atom. The molecule has 0 unspecified atom stereocenters. The van der Waals surface area contributed by atoms with Crippen LogP contribution in [0.25, 0.3) is 17.5 Å². The van der Waals surface area contributed by atoms with Crippen molar-refractivity contribution < 1.29 is 17.9 Å². The maximum absolute atomic E-state index is 12.3. The normalized spacial score (nSPS) is 11.6. The zero-order chi connectivity index (χ0) is 21.7. The van der Waals surface area contributed by atoms with Gasteiger partial charge in [0.05, 0.1) is 7.11 Å². The van der Waals surface area contributed by atoms with Crippen molar-refractivity contribution in [3.63, 3.8) is 0 Å². The summed E-state index contributed by atoms with van der Waals surface area (Å²) in [6.45, 7) is 1.80. The molecule has 0 saturated carbocycles. The molecule has 1 amide bonds. The Balaban J connectivity index is 1.76. The molecule has 1 aromatic heterocycles. The van der Waals surface area contributed by atoms with Gasteiger partial charge in [0.2, 0.25) is 15.9 Å². The van der Waals surface area contributed by atoms with Crippen LogP contribution in [0.15, 0.2) is 53.4 Å². The number of amides is 1. The molecular weight excluding hydrogens is 406 g/mol. The van der Waals surface area contributed by atoms with E-state index >= 15 is 0 Å². The van der Waals surface area contributed by atoms with E-state index < -0.39 is 10.0 Å². The zero-order valence-corrected chi connectivity index (χ0v) is 17.4. The highest BCUT2D eigenvalue weighted by Gasteiger charge is 2.17. The maximum Gasteiger partial charge on any atom is 0.248 e. The first-order chi connectivity index (χ1) is 14.3. The van der Waals surface area contributed by atoms with Crippen molar-refractivity contribution in [2.24, 2.45) is 0 Å². The fourth-order valence-corrected chi connectivity index (χ4v) is 3.61. The zero-order valence-electron chi connectivity index (χ0n) is 16.6. The Bertz CT molecular complexity index is 1200. The van der Waals surface area contributed by atoms with Crippen molar-refractivity contribution in [3.05, 3.63) is 59.9 Å². The average Bonchev–Trinajstić information content (AvgIpc) is 3.18. The summed E-state index contributed by atoms with van der Waals surface area (Å²) in [4.78, 5) is 16.6. The van der Waals surface area contributed by atoms with Crippen LogP contribution >= 0.6 is 0 Å². The van der Waals surface area contributed by atoms with Gasteiger partial charge in [-0.25, -0.2) is 18.1 Å². The molecule has 0 aliphatic carbocycles. The quantitative estimate of drug-likeness (QED) is 0.497. The molecule has 3 aromatic rings. The summed E-state index contributed by atoms with van der Waals surface area (Å²) in [5, 5.41) is 9.64. The van der Waals surface area contributed by atoms with Gasteiger partial charge in [0, 0.05) is 17.3 Å². The lowest BCUT2D eigenvalue weighted by atomic mass is 10.2. The number of rotatable bonds is 7. The fraction of sp³-hybridized carbons (Fsp3) is 0.150. The van der Waals surface area contributed by atoms with Crippen molar-refractivity contribution in [2.75, 3.05) is 19.5 Å². The van der Waals surface area contributed by atoms with Gasteiger partial charge in [-0.2, -0.15) is 5.10 Å². The highest BCUT2D eigenvalue weighted by molar-refractivity contribution is 7.89. The van der Waals surface area contributed by atoms with Crippen molar-refractivity contribution >= 4 is 27.7 Å². The number of nitrogens with one attached hydrogen (secondary N) is 3. The molecule has 9 nitrogen and oxygen atoms in total. The van der Waals surface area contributed by atoms with Crippen LogP contribution in [-0.4, -0.2) is 43.7 Å². The summed E-state index contributed by atoms with van der Waals surface area (Å²) in [6.07, 6.45) is 2.84. The number of aryl methyl sites for hydroxylation is 1. The summed E-state index contributed by atoms with van der Waals surface area (Å²) >= 11 is 0. The number of anilines is 1. The van der Waals surface area contributed by atoms with Gasteiger partial charge in [-0.1, -0.05) is 18.2 Å². The minimum Gasteiger partial charge on any atom is -0.495 e. The van der Waals surface area contributed by atoms with Gasteiger partial charge in [0.15, 0.2) is 5.82 Å². The summed E-state index contributed by atoms with van der Waals surface area (Å²) in [5.41, 5.74) is 1.88. The molecule has 0 aliphatic rings. The Morgan fingerprint density at radius 1 is 1.20 bits per heavy atom.